The maximum absolute atomic E-state index is 13.2. The lowest BCUT2D eigenvalue weighted by Crippen LogP contribution is -2.56. The van der Waals surface area contributed by atoms with Gasteiger partial charge in [-0.2, -0.15) is 0 Å². The summed E-state index contributed by atoms with van der Waals surface area (Å²) in [6.07, 6.45) is 0.334. The minimum atomic E-state index is -3.56. The lowest BCUT2D eigenvalue weighted by molar-refractivity contribution is -0.0238. The monoisotopic (exact) mass is 588 g/mol. The van der Waals surface area contributed by atoms with Crippen molar-refractivity contribution in [1.29, 1.82) is 0 Å². The molecule has 3 rings (SSSR count). The Labute approximate surface area is 239 Å². The first kappa shape index (κ1) is 31.2. The summed E-state index contributed by atoms with van der Waals surface area (Å²) >= 11 is 0.993. The largest absolute Gasteiger partial charge is 0.388 e. The van der Waals surface area contributed by atoms with Gasteiger partial charge in [0.15, 0.2) is 5.13 Å². The molecule has 216 valence electrons. The Hall–Kier alpha value is -3.32. The fourth-order valence-electron chi connectivity index (χ4n) is 4.09. The zero-order chi connectivity index (χ0) is 29.3. The Morgan fingerprint density at radius 2 is 1.52 bits per heavy atom. The molecule has 0 aliphatic rings. The Balaban J connectivity index is 1.83. The smallest absolute Gasteiger partial charge is 0.271 e. The van der Waals surface area contributed by atoms with Crippen LogP contribution in [0.25, 0.3) is 0 Å². The Kier molecular flexibility index (Phi) is 11.2. The van der Waals surface area contributed by atoms with Crippen molar-refractivity contribution in [2.24, 2.45) is 0 Å². The second kappa shape index (κ2) is 14.4. The highest BCUT2D eigenvalue weighted by molar-refractivity contribution is 7.92. The first-order chi connectivity index (χ1) is 19.0. The second-order valence-electron chi connectivity index (χ2n) is 9.58. The van der Waals surface area contributed by atoms with E-state index in [1.54, 1.807) is 30.3 Å². The van der Waals surface area contributed by atoms with Crippen LogP contribution in [-0.4, -0.2) is 73.0 Å². The van der Waals surface area contributed by atoms with Gasteiger partial charge in [-0.1, -0.05) is 68.3 Å². The van der Waals surface area contributed by atoms with E-state index in [1.807, 2.05) is 37.3 Å². The Bertz CT molecular complexity index is 1350. The number of hydrogen-bond acceptors (Lipinski definition) is 8. The van der Waals surface area contributed by atoms with Gasteiger partial charge < -0.3 is 20.8 Å². The van der Waals surface area contributed by atoms with Gasteiger partial charge in [-0.15, -0.1) is 11.3 Å². The van der Waals surface area contributed by atoms with Crippen molar-refractivity contribution in [3.8, 4) is 0 Å². The summed E-state index contributed by atoms with van der Waals surface area (Å²) in [5.41, 5.74) is 1.22. The van der Waals surface area contributed by atoms with E-state index in [-0.39, 0.29) is 23.2 Å². The summed E-state index contributed by atoms with van der Waals surface area (Å²) in [5, 5.41) is 29.8. The highest BCUT2D eigenvalue weighted by atomic mass is 32.2. The molecule has 2 amide bonds. The predicted octanol–water partition coefficient (Wildman–Crippen LogP) is 2.59. The van der Waals surface area contributed by atoms with Gasteiger partial charge in [0.2, 0.25) is 10.0 Å². The van der Waals surface area contributed by atoms with Crippen molar-refractivity contribution in [2.75, 3.05) is 17.6 Å². The van der Waals surface area contributed by atoms with Crippen molar-refractivity contribution in [3.05, 3.63) is 82.9 Å². The molecule has 1 heterocycles. The van der Waals surface area contributed by atoms with Crippen LogP contribution in [0.15, 0.2) is 66.0 Å². The molecule has 4 atom stereocenters. The van der Waals surface area contributed by atoms with Gasteiger partial charge in [0.05, 0.1) is 18.3 Å². The van der Waals surface area contributed by atoms with Gasteiger partial charge in [0.1, 0.15) is 17.9 Å². The first-order valence-electron chi connectivity index (χ1n) is 13.0. The van der Waals surface area contributed by atoms with E-state index >= 15 is 0 Å². The fraction of sp³-hybridized carbons (Fsp3) is 0.393. The van der Waals surface area contributed by atoms with Gasteiger partial charge in [-0.25, -0.2) is 17.7 Å². The lowest BCUT2D eigenvalue weighted by atomic mass is 9.91. The maximum atomic E-state index is 13.2. The van der Waals surface area contributed by atoms with Crippen molar-refractivity contribution >= 4 is 38.3 Å². The number of rotatable bonds is 14. The van der Waals surface area contributed by atoms with E-state index < -0.39 is 40.2 Å². The predicted molar refractivity (Wildman–Crippen MR) is 156 cm³/mol. The summed E-state index contributed by atoms with van der Waals surface area (Å²) in [4.78, 5) is 30.2. The molecule has 4 N–H and O–H groups in total. The number of thiazole rings is 1. The highest BCUT2D eigenvalue weighted by Crippen LogP contribution is 2.22. The number of aromatic nitrogens is 1. The van der Waals surface area contributed by atoms with Crippen LogP contribution in [0.3, 0.4) is 0 Å². The third-order valence-corrected chi connectivity index (χ3v) is 8.70. The number of nitrogens with zero attached hydrogens (tertiary/aromatic N) is 2. The van der Waals surface area contributed by atoms with Crippen molar-refractivity contribution in [2.45, 2.75) is 56.9 Å². The molecule has 10 nitrogen and oxygen atoms in total. The molecule has 40 heavy (non-hydrogen) atoms. The number of aliphatic hydroxyl groups excluding tert-OH is 2. The highest BCUT2D eigenvalue weighted by Gasteiger charge is 2.34. The SMILES string of the molecule is CCCC[C@@H](NC(=O)c1ccccc1)[C@@H](O)[C@H](O)[C@H](Cc1ccccc1)NC(=O)c1csc(N(C)S(C)(=O)=O)n1. The molecule has 0 aliphatic heterocycles. The van der Waals surface area contributed by atoms with Gasteiger partial charge in [-0.3, -0.25) is 9.59 Å². The minimum Gasteiger partial charge on any atom is -0.388 e. The molecule has 0 radical (unpaired) electrons. The van der Waals surface area contributed by atoms with Gasteiger partial charge in [0.25, 0.3) is 11.8 Å². The van der Waals surface area contributed by atoms with E-state index in [1.165, 1.54) is 12.4 Å². The van der Waals surface area contributed by atoms with Crippen LogP contribution in [0.4, 0.5) is 5.13 Å². The van der Waals surface area contributed by atoms with Crippen LogP contribution in [-0.2, 0) is 16.4 Å². The second-order valence-corrected chi connectivity index (χ2v) is 12.4. The number of carbonyl (C=O) groups excluding carboxylic acids is 2. The van der Waals surface area contributed by atoms with Crippen molar-refractivity contribution in [1.82, 2.24) is 15.6 Å². The zero-order valence-electron chi connectivity index (χ0n) is 22.7. The van der Waals surface area contributed by atoms with Crippen LogP contribution in [0, 0.1) is 0 Å². The molecule has 3 aromatic rings. The molecule has 0 aliphatic carbocycles. The molecule has 12 heteroatoms. The number of benzene rings is 2. The topological polar surface area (TPSA) is 149 Å². The average Bonchev–Trinajstić information content (AvgIpc) is 3.44. The number of amides is 2. The molecule has 1 aromatic heterocycles. The number of carbonyl (C=O) groups is 2. The van der Waals surface area contributed by atoms with Crippen molar-refractivity contribution in [3.63, 3.8) is 0 Å². The number of sulfonamides is 1. The Morgan fingerprint density at radius 3 is 2.12 bits per heavy atom. The fourth-order valence-corrected chi connectivity index (χ4v) is 5.63. The lowest BCUT2D eigenvalue weighted by Gasteiger charge is -2.33. The maximum Gasteiger partial charge on any atom is 0.271 e. The average molecular weight is 589 g/mol. The number of hydrogen-bond donors (Lipinski definition) is 4. The molecular weight excluding hydrogens is 552 g/mol. The van der Waals surface area contributed by atoms with Crippen LogP contribution < -0.4 is 14.9 Å². The summed E-state index contributed by atoms with van der Waals surface area (Å²) in [6, 6.07) is 16.1. The van der Waals surface area contributed by atoms with Crippen LogP contribution in [0.1, 0.15) is 52.6 Å². The summed E-state index contributed by atoms with van der Waals surface area (Å²) < 4.78 is 24.7. The third-order valence-electron chi connectivity index (χ3n) is 6.50. The van der Waals surface area contributed by atoms with E-state index in [0.717, 1.165) is 33.9 Å². The van der Waals surface area contributed by atoms with E-state index in [2.05, 4.69) is 15.6 Å². The van der Waals surface area contributed by atoms with Gasteiger partial charge in [0, 0.05) is 18.0 Å². The minimum absolute atomic E-state index is 0.0184. The van der Waals surface area contributed by atoms with E-state index in [9.17, 15) is 28.2 Å². The standard InChI is InChI=1S/C28H36N4O6S2/c1-4-5-16-21(29-26(35)20-14-10-7-11-15-20)24(33)25(34)22(17-19-12-8-6-9-13-19)30-27(36)23-18-39-28(31-23)32(2)40(3,37)38/h6-15,18,21-22,24-25,33-34H,4-5,16-17H2,1-3H3,(H,29,35)(H,30,36)/t21-,22+,24-,25-/m1/s1. The summed E-state index contributed by atoms with van der Waals surface area (Å²) in [5.74, 6) is -1.00. The number of unbranched alkanes of at least 4 members (excludes halogenated alkanes) is 1. The normalized spacial score (nSPS) is 14.5. The molecule has 0 unspecified atom stereocenters. The Morgan fingerprint density at radius 1 is 0.950 bits per heavy atom. The van der Waals surface area contributed by atoms with Crippen molar-refractivity contribution < 1.29 is 28.2 Å². The molecule has 0 saturated carbocycles. The summed E-state index contributed by atoms with van der Waals surface area (Å²) in [7, 11) is -2.22. The third kappa shape index (κ3) is 8.59. The molecule has 2 aromatic carbocycles. The quantitative estimate of drug-likeness (QED) is 0.226. The van der Waals surface area contributed by atoms with Crippen LogP contribution >= 0.6 is 11.3 Å². The molecule has 0 bridgehead atoms. The van der Waals surface area contributed by atoms with E-state index in [4.69, 9.17) is 0 Å². The molecule has 0 saturated heterocycles. The number of aliphatic hydroxyl groups is 2. The molecule has 0 fully saturated rings. The number of anilines is 1. The zero-order valence-corrected chi connectivity index (χ0v) is 24.4. The molecule has 0 spiro atoms. The van der Waals surface area contributed by atoms with Gasteiger partial charge >= 0.3 is 0 Å². The first-order valence-corrected chi connectivity index (χ1v) is 15.7. The number of nitrogens with one attached hydrogen (secondary N) is 2. The summed E-state index contributed by atoms with van der Waals surface area (Å²) in [6.45, 7) is 1.99. The molecular formula is C28H36N4O6S2. The van der Waals surface area contributed by atoms with Crippen LogP contribution in [0.2, 0.25) is 0 Å². The van der Waals surface area contributed by atoms with E-state index in [0.29, 0.717) is 18.4 Å². The van der Waals surface area contributed by atoms with Crippen LogP contribution in [0.5, 0.6) is 0 Å². The van der Waals surface area contributed by atoms with Gasteiger partial charge in [-0.05, 0) is 30.5 Å².